The molecule has 0 spiro atoms. The first kappa shape index (κ1) is 20.3. The standard InChI is InChI=1S/C20H19N5O3.ClH/c1-13-22-12-19(25(26)27)24(13)10-9-21-20-15-5-3-4-6-17(15)23-18-8-7-14(28-2)11-16(18)20;/h3-8,11-12H,9-10H2,1-2H3,(H,21,23);1H. The molecule has 0 aliphatic heterocycles. The van der Waals surface area contributed by atoms with Gasteiger partial charge < -0.3 is 20.2 Å². The molecule has 0 amide bonds. The Morgan fingerprint density at radius 3 is 2.69 bits per heavy atom. The van der Waals surface area contributed by atoms with Crippen LogP contribution in [0, 0.1) is 17.0 Å². The van der Waals surface area contributed by atoms with E-state index in [0.717, 1.165) is 33.2 Å². The lowest BCUT2D eigenvalue weighted by Gasteiger charge is -2.14. The van der Waals surface area contributed by atoms with E-state index in [0.29, 0.717) is 18.9 Å². The van der Waals surface area contributed by atoms with Crippen LogP contribution in [0.5, 0.6) is 5.75 Å². The lowest BCUT2D eigenvalue weighted by molar-refractivity contribution is -0.392. The van der Waals surface area contributed by atoms with E-state index in [-0.39, 0.29) is 18.2 Å². The second-order valence-corrected chi connectivity index (χ2v) is 6.39. The third-order valence-electron chi connectivity index (χ3n) is 4.75. The van der Waals surface area contributed by atoms with Gasteiger partial charge in [0.1, 0.15) is 18.5 Å². The average Bonchev–Trinajstić information content (AvgIpc) is 3.08. The number of hydrogen-bond acceptors (Lipinski definition) is 6. The maximum Gasteiger partial charge on any atom is 0.342 e. The largest absolute Gasteiger partial charge is 0.497 e. The number of fused-ring (bicyclic) bond motifs is 2. The number of aromatic nitrogens is 3. The van der Waals surface area contributed by atoms with Crippen molar-refractivity contribution in [3.05, 3.63) is 64.6 Å². The molecule has 0 atom stereocenters. The molecule has 150 valence electrons. The van der Waals surface area contributed by atoms with Crippen molar-refractivity contribution in [2.45, 2.75) is 13.5 Å². The SMILES string of the molecule is COc1ccc2nc3ccccc3c(NCCn3c([N+](=O)[O-])cnc3C)c2c1.Cl. The summed E-state index contributed by atoms with van der Waals surface area (Å²) in [5.41, 5.74) is 2.67. The summed E-state index contributed by atoms with van der Waals surface area (Å²) in [5, 5.41) is 16.6. The molecular formula is C20H20ClN5O3. The number of rotatable bonds is 6. The van der Waals surface area contributed by atoms with Gasteiger partial charge in [-0.05, 0) is 29.2 Å². The Hall–Kier alpha value is -3.39. The van der Waals surface area contributed by atoms with Gasteiger partial charge in [0.05, 0.1) is 30.4 Å². The van der Waals surface area contributed by atoms with Crippen molar-refractivity contribution in [2.75, 3.05) is 19.0 Å². The van der Waals surface area contributed by atoms with Gasteiger partial charge >= 0.3 is 5.82 Å². The van der Waals surface area contributed by atoms with E-state index < -0.39 is 4.92 Å². The van der Waals surface area contributed by atoms with Crippen molar-refractivity contribution in [3.8, 4) is 5.75 Å². The number of benzene rings is 2. The Labute approximate surface area is 173 Å². The van der Waals surface area contributed by atoms with Crippen LogP contribution in [0.1, 0.15) is 5.82 Å². The molecule has 4 rings (SSSR count). The highest BCUT2D eigenvalue weighted by molar-refractivity contribution is 6.07. The van der Waals surface area contributed by atoms with Crippen LogP contribution >= 0.6 is 12.4 Å². The predicted octanol–water partition coefficient (Wildman–Crippen LogP) is 4.34. The number of anilines is 1. The zero-order valence-electron chi connectivity index (χ0n) is 16.0. The van der Waals surface area contributed by atoms with E-state index in [9.17, 15) is 10.1 Å². The third-order valence-corrected chi connectivity index (χ3v) is 4.75. The monoisotopic (exact) mass is 413 g/mol. The average molecular weight is 414 g/mol. The summed E-state index contributed by atoms with van der Waals surface area (Å²) < 4.78 is 6.96. The molecule has 2 aromatic carbocycles. The van der Waals surface area contributed by atoms with E-state index in [2.05, 4.69) is 10.3 Å². The summed E-state index contributed by atoms with van der Waals surface area (Å²) in [4.78, 5) is 19.6. The summed E-state index contributed by atoms with van der Waals surface area (Å²) in [7, 11) is 1.63. The number of aryl methyl sites for hydroxylation is 1. The molecule has 9 heteroatoms. The van der Waals surface area contributed by atoms with Crippen molar-refractivity contribution < 1.29 is 9.66 Å². The number of para-hydroxylation sites is 1. The zero-order chi connectivity index (χ0) is 19.7. The number of hydrogen-bond donors (Lipinski definition) is 1. The van der Waals surface area contributed by atoms with Crippen LogP contribution in [0.3, 0.4) is 0 Å². The Morgan fingerprint density at radius 1 is 1.17 bits per heavy atom. The molecule has 0 unspecified atom stereocenters. The Kier molecular flexibility index (Phi) is 5.84. The zero-order valence-corrected chi connectivity index (χ0v) is 16.8. The highest BCUT2D eigenvalue weighted by atomic mass is 35.5. The van der Waals surface area contributed by atoms with Crippen molar-refractivity contribution in [3.63, 3.8) is 0 Å². The van der Waals surface area contributed by atoms with Crippen LogP contribution in [0.15, 0.2) is 48.7 Å². The molecule has 29 heavy (non-hydrogen) atoms. The number of pyridine rings is 1. The van der Waals surface area contributed by atoms with Gasteiger partial charge in [0.2, 0.25) is 0 Å². The highest BCUT2D eigenvalue weighted by Crippen LogP contribution is 2.33. The van der Waals surface area contributed by atoms with Gasteiger partial charge in [0, 0.05) is 17.7 Å². The van der Waals surface area contributed by atoms with Crippen LogP contribution in [0.25, 0.3) is 21.8 Å². The fourth-order valence-electron chi connectivity index (χ4n) is 3.36. The van der Waals surface area contributed by atoms with E-state index in [1.54, 1.807) is 18.6 Å². The van der Waals surface area contributed by atoms with Crippen LogP contribution in [-0.4, -0.2) is 33.1 Å². The molecule has 4 aromatic rings. The lowest BCUT2D eigenvalue weighted by Crippen LogP contribution is -2.14. The Morgan fingerprint density at radius 2 is 1.93 bits per heavy atom. The molecule has 2 aromatic heterocycles. The van der Waals surface area contributed by atoms with E-state index in [4.69, 9.17) is 9.72 Å². The fraction of sp³-hybridized carbons (Fsp3) is 0.200. The molecule has 0 bridgehead atoms. The molecule has 0 saturated carbocycles. The summed E-state index contributed by atoms with van der Waals surface area (Å²) in [6, 6.07) is 13.6. The Balaban J connectivity index is 0.00000240. The van der Waals surface area contributed by atoms with Crippen LogP contribution in [0.4, 0.5) is 11.5 Å². The van der Waals surface area contributed by atoms with Crippen LogP contribution < -0.4 is 10.1 Å². The number of nitrogens with one attached hydrogen (secondary N) is 1. The highest BCUT2D eigenvalue weighted by Gasteiger charge is 2.17. The van der Waals surface area contributed by atoms with Gasteiger partial charge in [0.25, 0.3) is 0 Å². The number of nitrogens with zero attached hydrogens (tertiary/aromatic N) is 4. The van der Waals surface area contributed by atoms with Crippen molar-refractivity contribution in [2.24, 2.45) is 0 Å². The maximum atomic E-state index is 11.2. The number of methoxy groups -OCH3 is 1. The minimum atomic E-state index is -0.415. The lowest BCUT2D eigenvalue weighted by atomic mass is 10.1. The first-order valence-corrected chi connectivity index (χ1v) is 8.85. The first-order chi connectivity index (χ1) is 13.6. The molecule has 0 aliphatic carbocycles. The van der Waals surface area contributed by atoms with Gasteiger partial charge in [-0.15, -0.1) is 12.4 Å². The number of ether oxygens (including phenoxy) is 1. The van der Waals surface area contributed by atoms with Crippen molar-refractivity contribution >= 4 is 45.7 Å². The number of halogens is 1. The van der Waals surface area contributed by atoms with Crippen LogP contribution in [0.2, 0.25) is 0 Å². The van der Waals surface area contributed by atoms with Gasteiger partial charge in [0.15, 0.2) is 5.82 Å². The second-order valence-electron chi connectivity index (χ2n) is 6.39. The minimum absolute atomic E-state index is 0. The molecule has 0 radical (unpaired) electrons. The maximum absolute atomic E-state index is 11.2. The molecule has 0 saturated heterocycles. The molecule has 0 fully saturated rings. The Bertz CT molecular complexity index is 1190. The summed E-state index contributed by atoms with van der Waals surface area (Å²) >= 11 is 0. The van der Waals surface area contributed by atoms with E-state index in [1.807, 2.05) is 42.5 Å². The molecule has 8 nitrogen and oxygen atoms in total. The van der Waals surface area contributed by atoms with E-state index in [1.165, 1.54) is 6.20 Å². The van der Waals surface area contributed by atoms with Gasteiger partial charge in [-0.3, -0.25) is 0 Å². The first-order valence-electron chi connectivity index (χ1n) is 8.85. The summed E-state index contributed by atoms with van der Waals surface area (Å²) in [5.74, 6) is 1.35. The third kappa shape index (κ3) is 3.79. The van der Waals surface area contributed by atoms with Gasteiger partial charge in [-0.25, -0.2) is 14.5 Å². The van der Waals surface area contributed by atoms with Crippen molar-refractivity contribution in [1.82, 2.24) is 14.5 Å². The van der Waals surface area contributed by atoms with Crippen LogP contribution in [-0.2, 0) is 6.54 Å². The number of imidazole rings is 1. The second kappa shape index (κ2) is 8.32. The summed E-state index contributed by atoms with van der Waals surface area (Å²) in [6.45, 7) is 2.68. The number of nitro groups is 1. The molecular weight excluding hydrogens is 394 g/mol. The predicted molar refractivity (Wildman–Crippen MR) is 115 cm³/mol. The molecule has 0 aliphatic rings. The van der Waals surface area contributed by atoms with Gasteiger partial charge in [-0.1, -0.05) is 18.2 Å². The normalized spacial score (nSPS) is 10.7. The fourth-order valence-corrected chi connectivity index (χ4v) is 3.36. The topological polar surface area (TPSA) is 95.1 Å². The van der Waals surface area contributed by atoms with Crippen molar-refractivity contribution in [1.29, 1.82) is 0 Å². The molecule has 1 N–H and O–H groups in total. The minimum Gasteiger partial charge on any atom is -0.497 e. The van der Waals surface area contributed by atoms with E-state index >= 15 is 0 Å². The smallest absolute Gasteiger partial charge is 0.342 e. The quantitative estimate of drug-likeness (QED) is 0.287. The summed E-state index contributed by atoms with van der Waals surface area (Å²) in [6.07, 6.45) is 1.29. The molecule has 2 heterocycles. The van der Waals surface area contributed by atoms with Gasteiger partial charge in [-0.2, -0.15) is 0 Å².